The average molecular weight is 1110 g/mol. The van der Waals surface area contributed by atoms with E-state index in [1.54, 1.807) is 38.5 Å². The number of ether oxygens (including phenoxy) is 5. The molecular weight excluding hydrogens is 1040 g/mol. The average Bonchev–Trinajstić information content (AvgIpc) is 4.04. The first kappa shape index (κ1) is 59.4. The fourth-order valence-electron chi connectivity index (χ4n) is 10.3. The lowest BCUT2D eigenvalue weighted by atomic mass is 9.80. The Labute approximate surface area is 469 Å². The predicted octanol–water partition coefficient (Wildman–Crippen LogP) is 4.96. The number of hydrogen-bond acceptors (Lipinski definition) is 16. The van der Waals surface area contributed by atoms with Gasteiger partial charge in [-0.05, 0) is 85.5 Å². The molecule has 81 heavy (non-hydrogen) atoms. The van der Waals surface area contributed by atoms with Gasteiger partial charge in [-0.15, -0.1) is 0 Å². The van der Waals surface area contributed by atoms with Gasteiger partial charge < -0.3 is 80.3 Å². The molecule has 0 fully saturated rings. The molecule has 2 amide bonds. The maximum Gasteiger partial charge on any atom is 0.407 e. The van der Waals surface area contributed by atoms with E-state index in [0.29, 0.717) is 22.6 Å². The third kappa shape index (κ3) is 13.6. The number of aliphatic hydroxyl groups is 9. The lowest BCUT2D eigenvalue weighted by Gasteiger charge is -2.37. The van der Waals surface area contributed by atoms with Crippen molar-refractivity contribution in [3.05, 3.63) is 215 Å². The number of carbonyl (C=O) groups excluding carboxylic acids is 2. The zero-order valence-corrected chi connectivity index (χ0v) is 44.6. The molecule has 426 valence electrons. The topological polar surface area (TPSA) is 286 Å². The zero-order chi connectivity index (χ0) is 57.6. The molecule has 18 nitrogen and oxygen atoms in total. The third-order valence-corrected chi connectivity index (χ3v) is 14.7. The lowest BCUT2D eigenvalue weighted by molar-refractivity contribution is -0.133. The van der Waals surface area contributed by atoms with Crippen molar-refractivity contribution in [1.82, 2.24) is 10.6 Å². The van der Waals surface area contributed by atoms with E-state index >= 15 is 0 Å². The highest BCUT2D eigenvalue weighted by Gasteiger charge is 2.41. The van der Waals surface area contributed by atoms with Crippen LogP contribution < -0.4 is 20.1 Å². The van der Waals surface area contributed by atoms with Gasteiger partial charge in [-0.25, -0.2) is 9.59 Å². The van der Waals surface area contributed by atoms with Gasteiger partial charge in [-0.3, -0.25) is 0 Å². The molecule has 11 N–H and O–H groups in total. The largest absolute Gasteiger partial charge is 0.497 e. The first-order valence-electron chi connectivity index (χ1n) is 26.4. The van der Waals surface area contributed by atoms with Crippen LogP contribution in [0.5, 0.6) is 11.5 Å². The maximum absolute atomic E-state index is 12.7. The van der Waals surface area contributed by atoms with Crippen LogP contribution >= 0.6 is 0 Å². The highest BCUT2D eigenvalue weighted by Crippen LogP contribution is 2.46. The Morgan fingerprint density at radius 1 is 0.432 bits per heavy atom. The summed E-state index contributed by atoms with van der Waals surface area (Å²) in [5.41, 5.74) is 9.51. The van der Waals surface area contributed by atoms with Gasteiger partial charge in [0.15, 0.2) is 0 Å². The third-order valence-electron chi connectivity index (χ3n) is 14.7. The Morgan fingerprint density at radius 2 is 0.753 bits per heavy atom. The number of alkyl carbamates (subject to hydrolysis) is 2. The summed E-state index contributed by atoms with van der Waals surface area (Å²) >= 11 is 0. The Morgan fingerprint density at radius 3 is 1.11 bits per heavy atom. The van der Waals surface area contributed by atoms with Crippen molar-refractivity contribution in [3.63, 3.8) is 0 Å². The summed E-state index contributed by atoms with van der Waals surface area (Å²) in [6.07, 6.45) is -15.2. The number of aliphatic hydroxyl groups excluding tert-OH is 9. The van der Waals surface area contributed by atoms with E-state index in [1.165, 1.54) is 0 Å². The number of nitrogens with one attached hydrogen (secondary N) is 2. The fourth-order valence-corrected chi connectivity index (χ4v) is 10.3. The van der Waals surface area contributed by atoms with Crippen LogP contribution in [0.1, 0.15) is 50.8 Å². The molecule has 0 saturated heterocycles. The molecule has 0 aliphatic heterocycles. The molecular formula is C63H68N2O16. The van der Waals surface area contributed by atoms with E-state index in [0.717, 1.165) is 50.1 Å². The second-order valence-electron chi connectivity index (χ2n) is 19.6. The second kappa shape index (κ2) is 27.6. The van der Waals surface area contributed by atoms with Crippen LogP contribution in [0.4, 0.5) is 9.59 Å². The standard InChI is InChI=1S/C42H43NO9.C21H25NO7/c1-49-30-20-16-28(17-21-30)42(27-10-4-3-5-11-27,29-18-22-31(50-2)23-19-29)52-26-38(45)40(47)39(46)37(44)24-43-41(48)51-25-36-34-14-8-6-12-32(34)33-13-7-9-15-35(33)36;23-10-18(25)20(27)19(26)17(24)9-22-21(28)29-11-16-14-7-3-1-5-12(14)13-6-2-4-8-15(13)16/h3-23,36-40,44-47H,24-26H2,1-2H3,(H,43,48);1-8,16-20,23-27H,9-11H2,(H,22,28). The Hall–Kier alpha value is -7.72. The Bertz CT molecular complexity index is 3010. The van der Waals surface area contributed by atoms with Gasteiger partial charge >= 0.3 is 12.2 Å². The number of amides is 2. The van der Waals surface area contributed by atoms with Crippen molar-refractivity contribution in [1.29, 1.82) is 0 Å². The zero-order valence-electron chi connectivity index (χ0n) is 44.6. The smallest absolute Gasteiger partial charge is 0.407 e. The molecule has 2 aliphatic carbocycles. The summed E-state index contributed by atoms with van der Waals surface area (Å²) in [7, 11) is 3.15. The number of methoxy groups -OCH3 is 2. The van der Waals surface area contributed by atoms with Crippen molar-refractivity contribution in [2.75, 3.05) is 53.7 Å². The van der Waals surface area contributed by atoms with E-state index in [1.807, 2.05) is 152 Å². The van der Waals surface area contributed by atoms with Crippen molar-refractivity contribution >= 4 is 12.2 Å². The Balaban J connectivity index is 0.000000250. The highest BCUT2D eigenvalue weighted by molar-refractivity contribution is 5.80. The van der Waals surface area contributed by atoms with Crippen LogP contribution in [-0.4, -0.2) is 161 Å². The molecule has 0 aromatic heterocycles. The van der Waals surface area contributed by atoms with E-state index in [-0.39, 0.29) is 25.0 Å². The first-order chi connectivity index (χ1) is 39.2. The molecule has 0 spiro atoms. The summed E-state index contributed by atoms with van der Waals surface area (Å²) < 4.78 is 28.2. The minimum absolute atomic E-state index is 0.0722. The Kier molecular flexibility index (Phi) is 20.3. The van der Waals surface area contributed by atoms with Gasteiger partial charge in [0.25, 0.3) is 0 Å². The van der Waals surface area contributed by atoms with E-state index < -0.39 is 92.9 Å². The predicted molar refractivity (Wildman–Crippen MR) is 300 cm³/mol. The quantitative estimate of drug-likeness (QED) is 0.0378. The van der Waals surface area contributed by atoms with Gasteiger partial charge in [0.1, 0.15) is 66.9 Å². The summed E-state index contributed by atoms with van der Waals surface area (Å²) in [5.74, 6) is 1.02. The number of rotatable bonds is 23. The van der Waals surface area contributed by atoms with E-state index in [9.17, 15) is 50.4 Å². The number of carbonyl (C=O) groups is 2. The van der Waals surface area contributed by atoms with E-state index in [4.69, 9.17) is 28.8 Å². The van der Waals surface area contributed by atoms with Gasteiger partial charge in [0.2, 0.25) is 0 Å². The molecule has 7 aromatic rings. The molecule has 7 aromatic carbocycles. The van der Waals surface area contributed by atoms with Gasteiger partial charge in [0.05, 0.1) is 39.6 Å². The maximum atomic E-state index is 12.7. The van der Waals surface area contributed by atoms with Gasteiger partial charge in [-0.1, -0.05) is 152 Å². The molecule has 0 bridgehead atoms. The fraction of sp³-hybridized carbons (Fsp3) is 0.302. The van der Waals surface area contributed by atoms with E-state index in [2.05, 4.69) is 10.6 Å². The number of fused-ring (bicyclic) bond motifs is 6. The second-order valence-corrected chi connectivity index (χ2v) is 19.6. The minimum atomic E-state index is -1.83. The summed E-state index contributed by atoms with van der Waals surface area (Å²) in [6.45, 7) is -1.88. The van der Waals surface area contributed by atoms with Crippen LogP contribution in [-0.2, 0) is 19.8 Å². The lowest BCUT2D eigenvalue weighted by Crippen LogP contribution is -2.50. The molecule has 9 rings (SSSR count). The van der Waals surface area contributed by atoms with Crippen molar-refractivity contribution in [3.8, 4) is 33.8 Å². The van der Waals surface area contributed by atoms with Crippen LogP contribution in [0.25, 0.3) is 22.3 Å². The SMILES string of the molecule is COc1ccc(C(OCC(O)C(O)C(O)C(O)CNC(=O)OCC2c3ccccc3-c3ccccc32)(c2ccccc2)c2ccc(OC)cc2)cc1.O=C(NCC(O)C(O)C(O)C(O)CO)OCC1c2ccccc2-c2ccccc21. The monoisotopic (exact) mass is 1110 g/mol. The van der Waals surface area contributed by atoms with Crippen molar-refractivity contribution < 1.29 is 79.2 Å². The summed E-state index contributed by atoms with van der Waals surface area (Å²) in [6, 6.07) is 55.8. The van der Waals surface area contributed by atoms with Crippen LogP contribution in [0, 0.1) is 0 Å². The minimum Gasteiger partial charge on any atom is -0.497 e. The first-order valence-corrected chi connectivity index (χ1v) is 26.4. The van der Waals surface area contributed by atoms with Gasteiger partial charge in [0, 0.05) is 24.9 Å². The van der Waals surface area contributed by atoms with Crippen molar-refractivity contribution in [2.45, 2.75) is 66.3 Å². The van der Waals surface area contributed by atoms with Crippen LogP contribution in [0.2, 0.25) is 0 Å². The molecule has 18 heteroatoms. The number of hydrogen-bond donors (Lipinski definition) is 11. The summed E-state index contributed by atoms with van der Waals surface area (Å²) in [4.78, 5) is 24.7. The van der Waals surface area contributed by atoms with Crippen LogP contribution in [0.3, 0.4) is 0 Å². The van der Waals surface area contributed by atoms with Crippen molar-refractivity contribution in [2.24, 2.45) is 0 Å². The molecule has 8 atom stereocenters. The van der Waals surface area contributed by atoms with Crippen LogP contribution in [0.15, 0.2) is 176 Å². The normalized spacial score (nSPS) is 15.5. The molecule has 2 aliphatic rings. The van der Waals surface area contributed by atoms with Gasteiger partial charge in [-0.2, -0.15) is 0 Å². The molecule has 0 heterocycles. The molecule has 8 unspecified atom stereocenters. The highest BCUT2D eigenvalue weighted by atomic mass is 16.6. The number of benzene rings is 7. The molecule has 0 radical (unpaired) electrons. The molecule has 0 saturated carbocycles. The summed E-state index contributed by atoms with van der Waals surface area (Å²) in [5, 5.41) is 95.8.